The lowest BCUT2D eigenvalue weighted by molar-refractivity contribution is -0.284. The first kappa shape index (κ1) is 45.4. The smallest absolute Gasteiger partial charge is 0.444 e. The number of benzene rings is 1. The second-order valence-electron chi connectivity index (χ2n) is 18.0. The minimum absolute atomic E-state index is 0.0722. The monoisotopic (exact) mass is 805 g/mol. The first-order chi connectivity index (χ1) is 25.6. The number of aliphatic hydroxyl groups is 1. The molecule has 314 valence electrons. The van der Waals surface area contributed by atoms with E-state index in [9.17, 15) is 40.9 Å². The van der Waals surface area contributed by atoms with Gasteiger partial charge in [-0.3, -0.25) is 4.21 Å². The molecule has 0 saturated heterocycles. The molecule has 0 aromatic heterocycles. The number of halogens is 5. The van der Waals surface area contributed by atoms with Gasteiger partial charge >= 0.3 is 24.2 Å². The van der Waals surface area contributed by atoms with Crippen molar-refractivity contribution in [2.45, 2.75) is 174 Å². The molecule has 1 amide bonds. The Balaban J connectivity index is 1.30. The zero-order valence-electron chi connectivity index (χ0n) is 33.6. The summed E-state index contributed by atoms with van der Waals surface area (Å²) in [7, 11) is -1.40. The van der Waals surface area contributed by atoms with Crippen LogP contribution >= 0.6 is 0 Å². The number of alkyl halides is 5. The van der Waals surface area contributed by atoms with Crippen LogP contribution in [0.5, 0.6) is 5.75 Å². The predicted octanol–water partition coefficient (Wildman–Crippen LogP) is 10.4. The molecule has 2 fully saturated rings. The molecule has 7 nitrogen and oxygen atoms in total. The standard InChI is InChI=1S/C42H64F5NO6S/c1-27(2)36(48-38(51)54-39(3,4)5)37(50)53-30-16-17-31-29(26-30)25-28(35-32(31)20-22-40(6)33(35)18-19-34(40)49)15-12-10-8-7-9-11-13-23-55(52)24-14-21-41(43,44)42(45,46)47/h16-17,26-28,32-36,49H,7-15,18-25H2,1-6H3,(H,48,51)/t28-,32-,33+,34+,35-,36+,40+,55?/m1/s1. The molecule has 3 aliphatic rings. The molecule has 0 heterocycles. The molecule has 4 rings (SSSR count). The van der Waals surface area contributed by atoms with Crippen LogP contribution in [0, 0.1) is 29.1 Å². The summed E-state index contributed by atoms with van der Waals surface area (Å²) >= 11 is 0. The number of esters is 1. The highest BCUT2D eigenvalue weighted by Crippen LogP contribution is 2.62. The molecule has 8 atom stereocenters. The second kappa shape index (κ2) is 19.0. The van der Waals surface area contributed by atoms with E-state index in [1.165, 1.54) is 11.1 Å². The topological polar surface area (TPSA) is 102 Å². The van der Waals surface area contributed by atoms with Gasteiger partial charge in [-0.15, -0.1) is 0 Å². The molecule has 2 N–H and O–H groups in total. The molecule has 2 saturated carbocycles. The zero-order chi connectivity index (χ0) is 40.8. The largest absolute Gasteiger partial charge is 0.453 e. The average Bonchev–Trinajstić information content (AvgIpc) is 3.38. The molecule has 1 aromatic rings. The third kappa shape index (κ3) is 12.1. The number of nitrogens with one attached hydrogen (secondary N) is 1. The number of unbranched alkanes of at least 4 members (excludes halogenated alkanes) is 6. The maximum atomic E-state index is 13.3. The number of alkyl carbamates (subject to hydrolysis) is 1. The van der Waals surface area contributed by atoms with Crippen LogP contribution < -0.4 is 10.1 Å². The van der Waals surface area contributed by atoms with Gasteiger partial charge in [0, 0.05) is 28.7 Å². The average molecular weight is 806 g/mol. The Bertz CT molecular complexity index is 1460. The van der Waals surface area contributed by atoms with E-state index in [1.54, 1.807) is 20.8 Å². The number of carbonyl (C=O) groups is 2. The molecule has 0 spiro atoms. The summed E-state index contributed by atoms with van der Waals surface area (Å²) in [5.41, 5.74) is 1.74. The van der Waals surface area contributed by atoms with Crippen molar-refractivity contribution in [3.63, 3.8) is 0 Å². The van der Waals surface area contributed by atoms with Gasteiger partial charge in [0.2, 0.25) is 0 Å². The van der Waals surface area contributed by atoms with Crippen molar-refractivity contribution in [1.82, 2.24) is 5.32 Å². The molecule has 13 heteroatoms. The van der Waals surface area contributed by atoms with Crippen LogP contribution in [0.3, 0.4) is 0 Å². The number of hydrogen-bond acceptors (Lipinski definition) is 6. The highest BCUT2D eigenvalue weighted by Gasteiger charge is 2.57. The molecule has 1 unspecified atom stereocenters. The van der Waals surface area contributed by atoms with E-state index in [4.69, 9.17) is 9.47 Å². The summed E-state index contributed by atoms with van der Waals surface area (Å²) in [5, 5.41) is 13.7. The highest BCUT2D eigenvalue weighted by molar-refractivity contribution is 7.84. The Morgan fingerprint density at radius 3 is 2.22 bits per heavy atom. The minimum atomic E-state index is -5.57. The summed E-state index contributed by atoms with van der Waals surface area (Å²) in [6, 6.07) is 5.12. The number of rotatable bonds is 18. The maximum Gasteiger partial charge on any atom is 0.453 e. The Morgan fingerprint density at radius 2 is 1.58 bits per heavy atom. The van der Waals surface area contributed by atoms with E-state index in [0.717, 1.165) is 77.0 Å². The van der Waals surface area contributed by atoms with Gasteiger partial charge in [-0.05, 0) is 130 Å². The van der Waals surface area contributed by atoms with Crippen LogP contribution in [-0.2, 0) is 26.8 Å². The number of amides is 1. The van der Waals surface area contributed by atoms with Gasteiger partial charge in [-0.1, -0.05) is 65.4 Å². The molecular weight excluding hydrogens is 742 g/mol. The van der Waals surface area contributed by atoms with E-state index >= 15 is 0 Å². The fourth-order valence-corrected chi connectivity index (χ4v) is 10.6. The van der Waals surface area contributed by atoms with E-state index in [2.05, 4.69) is 18.3 Å². The molecule has 55 heavy (non-hydrogen) atoms. The molecule has 3 aliphatic carbocycles. The third-order valence-corrected chi connectivity index (χ3v) is 13.8. The maximum absolute atomic E-state index is 13.3. The van der Waals surface area contributed by atoms with Crippen molar-refractivity contribution < 1.29 is 50.3 Å². The van der Waals surface area contributed by atoms with E-state index < -0.39 is 59.4 Å². The summed E-state index contributed by atoms with van der Waals surface area (Å²) in [6.07, 6.45) is 4.23. The van der Waals surface area contributed by atoms with Crippen LogP contribution in [0.15, 0.2) is 18.2 Å². The van der Waals surface area contributed by atoms with Crippen molar-refractivity contribution >= 4 is 22.9 Å². The first-order valence-electron chi connectivity index (χ1n) is 20.4. The minimum Gasteiger partial charge on any atom is -0.444 e. The SMILES string of the molecule is CC(C)[C@H](NC(=O)OC(C)(C)C)C(=O)Oc1ccc2c(c1)C[C@@H](CCCCCCCCCS(=O)CCCC(F)(F)C(F)(F)F)[C@@H]1[C@@H]2CC[C@]2(C)[C@@H](O)CC[C@@H]12. The quantitative estimate of drug-likeness (QED) is 0.0663. The van der Waals surface area contributed by atoms with Gasteiger partial charge < -0.3 is 19.9 Å². The molecular formula is C42H64F5NO6S. The lowest BCUT2D eigenvalue weighted by atomic mass is 9.52. The highest BCUT2D eigenvalue weighted by atomic mass is 32.2. The van der Waals surface area contributed by atoms with Crippen LogP contribution in [0.1, 0.15) is 148 Å². The third-order valence-electron chi connectivity index (χ3n) is 12.4. The Kier molecular flexibility index (Phi) is 15.7. The van der Waals surface area contributed by atoms with Gasteiger partial charge in [0.15, 0.2) is 0 Å². The van der Waals surface area contributed by atoms with E-state index in [-0.39, 0.29) is 23.2 Å². The summed E-state index contributed by atoms with van der Waals surface area (Å²) in [5.74, 6) is -3.12. The van der Waals surface area contributed by atoms with E-state index in [1.807, 2.05) is 26.0 Å². The van der Waals surface area contributed by atoms with Gasteiger partial charge in [0.05, 0.1) is 6.10 Å². The fourth-order valence-electron chi connectivity index (χ4n) is 9.45. The molecule has 0 aliphatic heterocycles. The van der Waals surface area contributed by atoms with Crippen LogP contribution in [0.2, 0.25) is 0 Å². The van der Waals surface area contributed by atoms with Gasteiger partial charge in [-0.2, -0.15) is 22.0 Å². The lowest BCUT2D eigenvalue weighted by Gasteiger charge is -2.53. The molecule has 1 aromatic carbocycles. The normalized spacial score (nSPS) is 26.5. The molecule has 0 radical (unpaired) electrons. The predicted molar refractivity (Wildman–Crippen MR) is 205 cm³/mol. The second-order valence-corrected chi connectivity index (χ2v) is 19.7. The Hall–Kier alpha value is -2.28. The van der Waals surface area contributed by atoms with Crippen molar-refractivity contribution in [2.24, 2.45) is 29.1 Å². The number of carbonyl (C=O) groups excluding carboxylic acids is 2. The van der Waals surface area contributed by atoms with Crippen molar-refractivity contribution in [1.29, 1.82) is 0 Å². The lowest BCUT2D eigenvalue weighted by Crippen LogP contribution is -2.48. The van der Waals surface area contributed by atoms with Crippen LogP contribution in [0.4, 0.5) is 26.7 Å². The van der Waals surface area contributed by atoms with Crippen molar-refractivity contribution in [3.05, 3.63) is 29.3 Å². The Morgan fingerprint density at radius 1 is 0.945 bits per heavy atom. The van der Waals surface area contributed by atoms with E-state index in [0.29, 0.717) is 41.6 Å². The van der Waals surface area contributed by atoms with Gasteiger partial charge in [0.25, 0.3) is 0 Å². The fraction of sp³-hybridized carbons (Fsp3) is 0.810. The number of hydrogen-bond donors (Lipinski definition) is 2. The summed E-state index contributed by atoms with van der Waals surface area (Å²) in [4.78, 5) is 25.8. The zero-order valence-corrected chi connectivity index (χ0v) is 34.4. The van der Waals surface area contributed by atoms with Crippen LogP contribution in [-0.4, -0.2) is 62.7 Å². The van der Waals surface area contributed by atoms with Crippen molar-refractivity contribution in [2.75, 3.05) is 11.5 Å². The first-order valence-corrected chi connectivity index (χ1v) is 21.9. The number of fused-ring (bicyclic) bond motifs is 5. The summed E-state index contributed by atoms with van der Waals surface area (Å²) < 4.78 is 86.5. The van der Waals surface area contributed by atoms with Crippen molar-refractivity contribution in [3.8, 4) is 5.75 Å². The van der Waals surface area contributed by atoms with Gasteiger partial charge in [-0.25, -0.2) is 9.59 Å². The van der Waals surface area contributed by atoms with Gasteiger partial charge in [0.1, 0.15) is 17.4 Å². The number of ether oxygens (including phenoxy) is 2. The van der Waals surface area contributed by atoms with Crippen LogP contribution in [0.25, 0.3) is 0 Å². The summed E-state index contributed by atoms with van der Waals surface area (Å²) in [6.45, 7) is 11.2. The Labute approximate surface area is 327 Å². The molecule has 0 bridgehead atoms. The number of aliphatic hydroxyl groups excluding tert-OH is 1.